The van der Waals surface area contributed by atoms with Crippen LogP contribution < -0.4 is 4.74 Å². The number of fused-ring (bicyclic) bond motifs is 1. The van der Waals surface area contributed by atoms with Crippen molar-refractivity contribution in [3.8, 4) is 5.75 Å². The lowest BCUT2D eigenvalue weighted by molar-refractivity contribution is 0.163. The fourth-order valence-electron chi connectivity index (χ4n) is 2.43. The van der Waals surface area contributed by atoms with Gasteiger partial charge < -0.3 is 9.84 Å². The molecule has 0 saturated heterocycles. The molecule has 1 N–H and O–H groups in total. The van der Waals surface area contributed by atoms with Crippen LogP contribution in [0.5, 0.6) is 5.75 Å². The summed E-state index contributed by atoms with van der Waals surface area (Å²) in [6, 6.07) is 8.98. The Morgan fingerprint density at radius 3 is 3.00 bits per heavy atom. The number of hydrogen-bond acceptors (Lipinski definition) is 3. The topological polar surface area (TPSA) is 42.4 Å². The van der Waals surface area contributed by atoms with Crippen molar-refractivity contribution >= 4 is 0 Å². The first-order chi connectivity index (χ1) is 9.72. The van der Waals surface area contributed by atoms with E-state index in [2.05, 4.69) is 11.1 Å². The zero-order valence-corrected chi connectivity index (χ0v) is 11.1. The highest BCUT2D eigenvalue weighted by Crippen LogP contribution is 2.27. The Bertz CT molecular complexity index is 598. The van der Waals surface area contributed by atoms with Crippen LogP contribution in [-0.4, -0.2) is 16.7 Å². The van der Waals surface area contributed by atoms with Crippen molar-refractivity contribution in [3.05, 3.63) is 59.2 Å². The van der Waals surface area contributed by atoms with Crippen molar-refractivity contribution in [2.45, 2.75) is 25.4 Å². The number of halogens is 1. The number of pyridine rings is 1. The Balaban J connectivity index is 1.63. The van der Waals surface area contributed by atoms with E-state index in [1.807, 2.05) is 12.1 Å². The molecule has 0 amide bonds. The van der Waals surface area contributed by atoms with Gasteiger partial charge in [-0.25, -0.2) is 4.39 Å². The van der Waals surface area contributed by atoms with Gasteiger partial charge in [0.25, 0.3) is 0 Å². The van der Waals surface area contributed by atoms with Crippen LogP contribution in [0.4, 0.5) is 4.39 Å². The van der Waals surface area contributed by atoms with Crippen molar-refractivity contribution in [1.82, 2.24) is 4.98 Å². The number of hydrogen-bond donors (Lipinski definition) is 1. The van der Waals surface area contributed by atoms with Crippen molar-refractivity contribution < 1.29 is 14.2 Å². The van der Waals surface area contributed by atoms with Crippen LogP contribution in [-0.2, 0) is 12.8 Å². The lowest BCUT2D eigenvalue weighted by Gasteiger charge is -2.10. The fraction of sp³-hybridized carbons (Fsp3) is 0.312. The molecule has 0 bridgehead atoms. The molecule has 0 saturated carbocycles. The molecule has 4 heteroatoms. The maximum atomic E-state index is 12.8. The first-order valence-electron chi connectivity index (χ1n) is 6.76. The van der Waals surface area contributed by atoms with E-state index in [4.69, 9.17) is 4.74 Å². The Labute approximate surface area is 117 Å². The van der Waals surface area contributed by atoms with Crippen LogP contribution in [0.1, 0.15) is 29.3 Å². The zero-order chi connectivity index (χ0) is 13.9. The summed E-state index contributed by atoms with van der Waals surface area (Å²) in [5, 5.41) is 10.1. The van der Waals surface area contributed by atoms with Gasteiger partial charge in [-0.05, 0) is 42.2 Å². The summed E-state index contributed by atoms with van der Waals surface area (Å²) in [6.45, 7) is 0.751. The maximum Gasteiger partial charge on any atom is 0.141 e. The van der Waals surface area contributed by atoms with Gasteiger partial charge in [0.05, 0.1) is 24.6 Å². The Morgan fingerprint density at radius 2 is 2.20 bits per heavy atom. The molecule has 0 fully saturated rings. The molecule has 2 aromatic rings. The second-order valence-corrected chi connectivity index (χ2v) is 5.00. The summed E-state index contributed by atoms with van der Waals surface area (Å²) in [5.41, 5.74) is 2.92. The maximum absolute atomic E-state index is 12.8. The number of aliphatic hydroxyl groups is 1. The van der Waals surface area contributed by atoms with Gasteiger partial charge in [0.15, 0.2) is 0 Å². The number of benzene rings is 1. The van der Waals surface area contributed by atoms with Gasteiger partial charge in [-0.15, -0.1) is 0 Å². The highest BCUT2D eigenvalue weighted by Gasteiger charge is 2.13. The summed E-state index contributed by atoms with van der Waals surface area (Å²) >= 11 is 0. The molecule has 1 atom stereocenters. The van der Waals surface area contributed by atoms with Crippen molar-refractivity contribution in [2.24, 2.45) is 0 Å². The molecule has 3 nitrogen and oxygen atoms in total. The molecule has 1 aromatic carbocycles. The molecule has 0 aliphatic carbocycles. The molecule has 1 unspecified atom stereocenters. The molecule has 104 valence electrons. The van der Waals surface area contributed by atoms with Gasteiger partial charge in [-0.1, -0.05) is 12.1 Å². The molecule has 3 rings (SSSR count). The van der Waals surface area contributed by atoms with E-state index in [0.29, 0.717) is 12.1 Å². The van der Waals surface area contributed by atoms with E-state index in [1.165, 1.54) is 23.3 Å². The predicted molar refractivity (Wildman–Crippen MR) is 73.1 cm³/mol. The average molecular weight is 273 g/mol. The number of aromatic nitrogens is 1. The molecular weight excluding hydrogens is 257 g/mol. The quantitative estimate of drug-likeness (QED) is 0.931. The van der Waals surface area contributed by atoms with Gasteiger partial charge >= 0.3 is 0 Å². The number of nitrogens with zero attached hydrogens (tertiary/aromatic N) is 1. The van der Waals surface area contributed by atoms with Crippen LogP contribution in [0.25, 0.3) is 0 Å². The molecule has 2 heterocycles. The van der Waals surface area contributed by atoms with Gasteiger partial charge in [-0.2, -0.15) is 0 Å². The van der Waals surface area contributed by atoms with E-state index in [9.17, 15) is 9.50 Å². The minimum atomic E-state index is -0.667. The largest absolute Gasteiger partial charge is 0.493 e. The molecule has 20 heavy (non-hydrogen) atoms. The summed E-state index contributed by atoms with van der Waals surface area (Å²) < 4.78 is 18.2. The first kappa shape index (κ1) is 13.1. The van der Waals surface area contributed by atoms with Crippen molar-refractivity contribution in [3.63, 3.8) is 0 Å². The van der Waals surface area contributed by atoms with Gasteiger partial charge in [-0.3, -0.25) is 4.98 Å². The van der Waals surface area contributed by atoms with Gasteiger partial charge in [0, 0.05) is 6.42 Å². The smallest absolute Gasteiger partial charge is 0.141 e. The SMILES string of the molecule is OC(CCc1ccc2c(c1)CCO2)c1ccc(F)cn1. The number of ether oxygens (including phenoxy) is 1. The molecule has 0 radical (unpaired) electrons. The predicted octanol–water partition coefficient (Wildman–Crippen LogP) is 2.82. The Kier molecular flexibility index (Phi) is 3.65. The third-order valence-corrected chi connectivity index (χ3v) is 3.55. The Morgan fingerprint density at radius 1 is 1.30 bits per heavy atom. The van der Waals surface area contributed by atoms with E-state index in [-0.39, 0.29) is 5.82 Å². The summed E-state index contributed by atoms with van der Waals surface area (Å²) in [5.74, 6) is 0.578. The van der Waals surface area contributed by atoms with Crippen LogP contribution in [0.15, 0.2) is 36.5 Å². The monoisotopic (exact) mass is 273 g/mol. The fourth-order valence-corrected chi connectivity index (χ4v) is 2.43. The van der Waals surface area contributed by atoms with Crippen LogP contribution >= 0.6 is 0 Å². The zero-order valence-electron chi connectivity index (χ0n) is 11.1. The highest BCUT2D eigenvalue weighted by molar-refractivity contribution is 5.39. The van der Waals surface area contributed by atoms with Crippen LogP contribution in [0.3, 0.4) is 0 Å². The third-order valence-electron chi connectivity index (χ3n) is 3.55. The molecule has 1 aliphatic rings. The number of rotatable bonds is 4. The minimum absolute atomic E-state index is 0.389. The van der Waals surface area contributed by atoms with E-state index in [0.717, 1.165) is 31.4 Å². The number of aliphatic hydroxyl groups excluding tert-OH is 1. The molecule has 0 spiro atoms. The standard InChI is InChI=1S/C16H16FNO2/c17-13-3-4-14(18-10-13)15(19)5-1-11-2-6-16-12(9-11)7-8-20-16/h2-4,6,9-10,15,19H,1,5,7-8H2. The summed E-state index contributed by atoms with van der Waals surface area (Å²) in [7, 11) is 0. The van der Waals surface area contributed by atoms with Crippen molar-refractivity contribution in [1.29, 1.82) is 0 Å². The molecule has 1 aliphatic heterocycles. The second kappa shape index (κ2) is 5.59. The highest BCUT2D eigenvalue weighted by atomic mass is 19.1. The van der Waals surface area contributed by atoms with Gasteiger partial charge in [0.1, 0.15) is 11.6 Å². The molecular formula is C16H16FNO2. The van der Waals surface area contributed by atoms with E-state index < -0.39 is 6.10 Å². The second-order valence-electron chi connectivity index (χ2n) is 5.00. The van der Waals surface area contributed by atoms with Crippen molar-refractivity contribution in [2.75, 3.05) is 6.61 Å². The summed E-state index contributed by atoms with van der Waals surface area (Å²) in [6.07, 6.45) is 2.74. The minimum Gasteiger partial charge on any atom is -0.493 e. The summed E-state index contributed by atoms with van der Waals surface area (Å²) in [4.78, 5) is 3.90. The van der Waals surface area contributed by atoms with Crippen LogP contribution in [0.2, 0.25) is 0 Å². The molecule has 1 aromatic heterocycles. The third kappa shape index (κ3) is 2.80. The van der Waals surface area contributed by atoms with E-state index >= 15 is 0 Å². The first-order valence-corrected chi connectivity index (χ1v) is 6.76. The normalized spacial score (nSPS) is 14.7. The average Bonchev–Trinajstić information content (AvgIpc) is 2.93. The van der Waals surface area contributed by atoms with Crippen LogP contribution in [0, 0.1) is 5.82 Å². The Hall–Kier alpha value is -1.94. The number of aryl methyl sites for hydroxylation is 1. The lowest BCUT2D eigenvalue weighted by Crippen LogP contribution is -2.02. The van der Waals surface area contributed by atoms with Gasteiger partial charge in [0.2, 0.25) is 0 Å². The van der Waals surface area contributed by atoms with E-state index in [1.54, 1.807) is 0 Å². The lowest BCUT2D eigenvalue weighted by atomic mass is 10.0.